The zero-order chi connectivity index (χ0) is 14.8. The SMILES string of the molecule is CN1C(=O)CC[C@H]2C[C@@H](OC(=O)c3ccccc3)CC=C21. The smallest absolute Gasteiger partial charge is 0.338 e. The lowest BCUT2D eigenvalue weighted by molar-refractivity contribution is -0.131. The number of benzene rings is 1. The molecule has 0 saturated carbocycles. The van der Waals surface area contributed by atoms with Crippen LogP contribution >= 0.6 is 0 Å². The van der Waals surface area contributed by atoms with Crippen molar-refractivity contribution in [3.05, 3.63) is 47.7 Å². The molecule has 1 aliphatic carbocycles. The van der Waals surface area contributed by atoms with Gasteiger partial charge in [0.1, 0.15) is 6.10 Å². The summed E-state index contributed by atoms with van der Waals surface area (Å²) in [7, 11) is 1.83. The Bertz CT molecular complexity index is 579. The van der Waals surface area contributed by atoms with E-state index >= 15 is 0 Å². The number of carbonyl (C=O) groups excluding carboxylic acids is 2. The molecule has 0 radical (unpaired) electrons. The molecule has 21 heavy (non-hydrogen) atoms. The predicted octanol–water partition coefficient (Wildman–Crippen LogP) is 2.76. The molecule has 3 rings (SSSR count). The Balaban J connectivity index is 1.66. The lowest BCUT2D eigenvalue weighted by atomic mass is 9.83. The number of rotatable bonds is 2. The van der Waals surface area contributed by atoms with Gasteiger partial charge >= 0.3 is 5.97 Å². The fourth-order valence-electron chi connectivity index (χ4n) is 3.13. The van der Waals surface area contributed by atoms with Gasteiger partial charge < -0.3 is 9.64 Å². The molecule has 1 aromatic rings. The van der Waals surface area contributed by atoms with Crippen LogP contribution in [0.3, 0.4) is 0 Å². The number of esters is 1. The largest absolute Gasteiger partial charge is 0.458 e. The highest BCUT2D eigenvalue weighted by atomic mass is 16.5. The van der Waals surface area contributed by atoms with E-state index in [0.717, 1.165) is 18.5 Å². The summed E-state index contributed by atoms with van der Waals surface area (Å²) in [6, 6.07) is 9.06. The highest BCUT2D eigenvalue weighted by molar-refractivity contribution is 5.89. The second-order valence-corrected chi connectivity index (χ2v) is 5.68. The van der Waals surface area contributed by atoms with Gasteiger partial charge in [0.15, 0.2) is 0 Å². The van der Waals surface area contributed by atoms with E-state index in [1.807, 2.05) is 31.3 Å². The first kappa shape index (κ1) is 13.9. The van der Waals surface area contributed by atoms with E-state index < -0.39 is 0 Å². The van der Waals surface area contributed by atoms with Gasteiger partial charge in [-0.1, -0.05) is 24.3 Å². The van der Waals surface area contributed by atoms with E-state index in [9.17, 15) is 9.59 Å². The first-order valence-electron chi connectivity index (χ1n) is 7.38. The van der Waals surface area contributed by atoms with Crippen molar-refractivity contribution in [3.8, 4) is 0 Å². The number of amides is 1. The number of nitrogens with zero attached hydrogens (tertiary/aromatic N) is 1. The van der Waals surface area contributed by atoms with Crippen LogP contribution in [0.2, 0.25) is 0 Å². The number of hydrogen-bond donors (Lipinski definition) is 0. The van der Waals surface area contributed by atoms with Gasteiger partial charge in [-0.25, -0.2) is 4.79 Å². The van der Waals surface area contributed by atoms with Crippen LogP contribution in [0, 0.1) is 5.92 Å². The van der Waals surface area contributed by atoms with Crippen molar-refractivity contribution < 1.29 is 14.3 Å². The molecule has 0 unspecified atom stereocenters. The zero-order valence-electron chi connectivity index (χ0n) is 12.1. The highest BCUT2D eigenvalue weighted by Gasteiger charge is 2.34. The van der Waals surface area contributed by atoms with Crippen molar-refractivity contribution in [2.45, 2.75) is 31.8 Å². The molecule has 1 aliphatic heterocycles. The maximum absolute atomic E-state index is 12.1. The molecule has 4 nitrogen and oxygen atoms in total. The second-order valence-electron chi connectivity index (χ2n) is 5.68. The van der Waals surface area contributed by atoms with E-state index in [1.54, 1.807) is 17.0 Å². The third-order valence-electron chi connectivity index (χ3n) is 4.31. The molecule has 2 atom stereocenters. The van der Waals surface area contributed by atoms with Gasteiger partial charge in [0, 0.05) is 31.5 Å². The van der Waals surface area contributed by atoms with Crippen molar-refractivity contribution >= 4 is 11.9 Å². The Kier molecular flexibility index (Phi) is 3.78. The van der Waals surface area contributed by atoms with Gasteiger partial charge in [0.25, 0.3) is 0 Å². The zero-order valence-corrected chi connectivity index (χ0v) is 12.1. The summed E-state index contributed by atoms with van der Waals surface area (Å²) in [5.41, 5.74) is 1.68. The number of ether oxygens (including phenoxy) is 1. The molecule has 1 amide bonds. The predicted molar refractivity (Wildman–Crippen MR) is 78.5 cm³/mol. The van der Waals surface area contributed by atoms with Crippen LogP contribution in [0.4, 0.5) is 0 Å². The maximum Gasteiger partial charge on any atom is 0.338 e. The molecule has 0 aromatic heterocycles. The van der Waals surface area contributed by atoms with E-state index in [1.165, 1.54) is 0 Å². The van der Waals surface area contributed by atoms with E-state index in [0.29, 0.717) is 24.3 Å². The van der Waals surface area contributed by atoms with E-state index in [-0.39, 0.29) is 18.0 Å². The van der Waals surface area contributed by atoms with E-state index in [2.05, 4.69) is 0 Å². The van der Waals surface area contributed by atoms with Crippen LogP contribution in [0.5, 0.6) is 0 Å². The third kappa shape index (κ3) is 2.84. The summed E-state index contributed by atoms with van der Waals surface area (Å²) in [6.07, 6.45) is 4.89. The molecule has 1 aromatic carbocycles. The molecule has 1 saturated heterocycles. The molecule has 110 valence electrons. The molecule has 2 aliphatic rings. The average molecular weight is 285 g/mol. The van der Waals surface area contributed by atoms with Crippen LogP contribution in [0.1, 0.15) is 36.0 Å². The second kappa shape index (κ2) is 5.72. The average Bonchev–Trinajstić information content (AvgIpc) is 2.52. The van der Waals surface area contributed by atoms with Crippen LogP contribution in [0.15, 0.2) is 42.1 Å². The highest BCUT2D eigenvalue weighted by Crippen LogP contribution is 2.35. The number of carbonyl (C=O) groups is 2. The fourth-order valence-corrected chi connectivity index (χ4v) is 3.13. The van der Waals surface area contributed by atoms with Crippen molar-refractivity contribution in [2.24, 2.45) is 5.92 Å². The Morgan fingerprint density at radius 1 is 1.29 bits per heavy atom. The molecule has 0 N–H and O–H groups in total. The summed E-state index contributed by atoms with van der Waals surface area (Å²) in [5.74, 6) is 0.241. The molecule has 1 fully saturated rings. The summed E-state index contributed by atoms with van der Waals surface area (Å²) < 4.78 is 5.60. The monoisotopic (exact) mass is 285 g/mol. The molecule has 0 spiro atoms. The third-order valence-corrected chi connectivity index (χ3v) is 4.31. The lowest BCUT2D eigenvalue weighted by Gasteiger charge is -2.37. The van der Waals surface area contributed by atoms with Crippen LogP contribution in [-0.2, 0) is 9.53 Å². The minimum Gasteiger partial charge on any atom is -0.458 e. The van der Waals surface area contributed by atoms with Crippen LogP contribution in [0.25, 0.3) is 0 Å². The fraction of sp³-hybridized carbons (Fsp3) is 0.412. The maximum atomic E-state index is 12.1. The number of fused-ring (bicyclic) bond motifs is 1. The molecule has 0 bridgehead atoms. The standard InChI is InChI=1S/C17H19NO3/c1-18-15-9-8-14(11-13(15)7-10-16(18)19)21-17(20)12-5-3-2-4-6-12/h2-6,9,13-14H,7-8,10-11H2,1H3/t13-,14-/m0/s1. The Morgan fingerprint density at radius 3 is 2.81 bits per heavy atom. The number of hydrogen-bond acceptors (Lipinski definition) is 3. The minimum atomic E-state index is -0.266. The number of allylic oxidation sites excluding steroid dienone is 1. The molecule has 1 heterocycles. The molecular weight excluding hydrogens is 266 g/mol. The Hall–Kier alpha value is -2.10. The summed E-state index contributed by atoms with van der Waals surface area (Å²) in [6.45, 7) is 0. The van der Waals surface area contributed by atoms with Crippen molar-refractivity contribution in [3.63, 3.8) is 0 Å². The summed E-state index contributed by atoms with van der Waals surface area (Å²) in [4.78, 5) is 25.5. The van der Waals surface area contributed by atoms with Crippen molar-refractivity contribution in [2.75, 3.05) is 7.05 Å². The van der Waals surface area contributed by atoms with Gasteiger partial charge in [-0.3, -0.25) is 4.79 Å². The van der Waals surface area contributed by atoms with Gasteiger partial charge in [-0.2, -0.15) is 0 Å². The van der Waals surface area contributed by atoms with Crippen molar-refractivity contribution in [1.29, 1.82) is 0 Å². The summed E-state index contributed by atoms with van der Waals surface area (Å²) >= 11 is 0. The first-order chi connectivity index (χ1) is 10.1. The quantitative estimate of drug-likeness (QED) is 0.785. The van der Waals surface area contributed by atoms with Gasteiger partial charge in [-0.05, 0) is 25.0 Å². The van der Waals surface area contributed by atoms with Crippen LogP contribution < -0.4 is 0 Å². The van der Waals surface area contributed by atoms with Crippen molar-refractivity contribution in [1.82, 2.24) is 4.90 Å². The Morgan fingerprint density at radius 2 is 2.05 bits per heavy atom. The topological polar surface area (TPSA) is 46.6 Å². The summed E-state index contributed by atoms with van der Waals surface area (Å²) in [5, 5.41) is 0. The van der Waals surface area contributed by atoms with Gasteiger partial charge in [0.05, 0.1) is 5.56 Å². The molecule has 4 heteroatoms. The van der Waals surface area contributed by atoms with Gasteiger partial charge in [0.2, 0.25) is 5.91 Å². The van der Waals surface area contributed by atoms with Gasteiger partial charge in [-0.15, -0.1) is 0 Å². The number of likely N-dealkylation sites (tertiary alicyclic amines) is 1. The van der Waals surface area contributed by atoms with E-state index in [4.69, 9.17) is 4.74 Å². The normalized spacial score (nSPS) is 25.1. The Labute approximate surface area is 124 Å². The minimum absolute atomic E-state index is 0.0898. The number of piperidine rings is 1. The lowest BCUT2D eigenvalue weighted by Crippen LogP contribution is -2.39. The first-order valence-corrected chi connectivity index (χ1v) is 7.38. The van der Waals surface area contributed by atoms with Crippen LogP contribution in [-0.4, -0.2) is 29.9 Å². The molecular formula is C17H19NO3.